The molecule has 5 aromatic carbocycles. The molecule has 472 valence electrons. The number of fused-ring (bicyclic) bond motifs is 15. The molecule has 0 aliphatic carbocycles. The van der Waals surface area contributed by atoms with E-state index < -0.39 is 202 Å². The number of likely N-dealkylation sites (N-methyl/N-ethyl adjacent to an activating group) is 1. The smallest absolute Gasteiger partial charge is 0.330 e. The number of rotatable bonds is 10. The largest absolute Gasteiger partial charge is 0.508 e. The van der Waals surface area contributed by atoms with Gasteiger partial charge in [-0.05, 0) is 104 Å². The van der Waals surface area contributed by atoms with Gasteiger partial charge >= 0.3 is 5.97 Å². The standard InChI is InChI=1S/C58H60Cl2N8O21/c1-21(68(2)3)51(78)63-32-13-22-4-9-35(29(59)12-22)86-37-16-25-17-38(46(37)74)87-36-10-6-24(15-30(36)60)50(89-58-49(77)48(76)47(75)39(20-69)88-58)45-56(83)66-44(57(84)85)28-18-26(70)19-34(72)41(28)27-14-23(5-8-33(27)71)42(54(81)67-45)65-55(82)43(25)64-52(79)31(62-53(32)80)7-11-40(61)73/h4-6,8-10,12,14-19,21,31-32,39,42-45,47-50,58,69-72,74-77H,7,11,13,20H2,1-3H3,(H2,61,73)(H,62,80)(H,63,78)(H,64,79)(H,65,82)(H,66,83)(H,67,81)(H,84,85). The molecule has 31 heteroatoms. The third-order valence-electron chi connectivity index (χ3n) is 15.4. The minimum absolute atomic E-state index is 0.121. The summed E-state index contributed by atoms with van der Waals surface area (Å²) in [5, 5.41) is 114. The average molecular weight is 1280 g/mol. The van der Waals surface area contributed by atoms with E-state index in [1.54, 1.807) is 25.9 Å². The van der Waals surface area contributed by atoms with Crippen molar-refractivity contribution in [2.75, 3.05) is 20.7 Å². The van der Waals surface area contributed by atoms with Crippen molar-refractivity contribution < 1.29 is 103 Å². The number of aliphatic carboxylic acids is 1. The average Bonchev–Trinajstić information content (AvgIpc) is 3.01. The molecule has 89 heavy (non-hydrogen) atoms. The van der Waals surface area contributed by atoms with Gasteiger partial charge in [-0.25, -0.2) is 4.79 Å². The summed E-state index contributed by atoms with van der Waals surface area (Å²) >= 11 is 13.8. The summed E-state index contributed by atoms with van der Waals surface area (Å²) in [7, 11) is 3.24. The molecule has 11 bridgehead atoms. The number of carbonyl (C=O) groups excluding carboxylic acids is 7. The first-order valence-corrected chi connectivity index (χ1v) is 28.0. The number of aliphatic hydroxyl groups excluding tert-OH is 4. The van der Waals surface area contributed by atoms with Crippen molar-refractivity contribution >= 4 is 70.5 Å². The van der Waals surface area contributed by atoms with Crippen LogP contribution in [0.25, 0.3) is 11.1 Å². The number of hydrogen-bond donors (Lipinski definition) is 16. The van der Waals surface area contributed by atoms with Crippen LogP contribution < -0.4 is 47.1 Å². The van der Waals surface area contributed by atoms with Gasteiger partial charge in [0.1, 0.15) is 89.5 Å². The second-order valence-corrected chi connectivity index (χ2v) is 22.4. The Morgan fingerprint density at radius 2 is 1.34 bits per heavy atom. The Hall–Kier alpha value is -9.04. The molecule has 11 rings (SSSR count). The summed E-state index contributed by atoms with van der Waals surface area (Å²) in [6, 6.07) is 1.43. The highest BCUT2D eigenvalue weighted by molar-refractivity contribution is 6.32. The Bertz CT molecular complexity index is 3670. The number of benzene rings is 5. The molecule has 6 aliphatic heterocycles. The molecule has 1 saturated heterocycles. The van der Waals surface area contributed by atoms with Crippen LogP contribution in [0.15, 0.2) is 78.9 Å². The van der Waals surface area contributed by atoms with E-state index in [9.17, 15) is 65.1 Å². The van der Waals surface area contributed by atoms with E-state index in [1.165, 1.54) is 24.3 Å². The number of primary amides is 1. The molecule has 0 aromatic heterocycles. The first-order chi connectivity index (χ1) is 42.1. The highest BCUT2D eigenvalue weighted by Gasteiger charge is 2.48. The maximum absolute atomic E-state index is 15.7. The fourth-order valence-electron chi connectivity index (χ4n) is 10.3. The van der Waals surface area contributed by atoms with Crippen molar-refractivity contribution in [3.05, 3.63) is 117 Å². The molecule has 6 heterocycles. The van der Waals surface area contributed by atoms with Crippen LogP contribution in [-0.2, 0) is 54.3 Å². The second-order valence-electron chi connectivity index (χ2n) is 21.6. The molecule has 13 unspecified atom stereocenters. The van der Waals surface area contributed by atoms with Crippen LogP contribution in [0.1, 0.15) is 71.8 Å². The van der Waals surface area contributed by atoms with Crippen LogP contribution in [0, 0.1) is 0 Å². The van der Waals surface area contributed by atoms with E-state index in [0.717, 1.165) is 54.6 Å². The van der Waals surface area contributed by atoms with Crippen molar-refractivity contribution in [2.45, 2.75) is 105 Å². The van der Waals surface area contributed by atoms with Gasteiger partial charge in [-0.3, -0.25) is 38.5 Å². The fraction of sp³-hybridized carbons (Fsp3) is 0.345. The predicted octanol–water partition coefficient (Wildman–Crippen LogP) is 0.435. The number of amides is 7. The second kappa shape index (κ2) is 26.3. The lowest BCUT2D eigenvalue weighted by Crippen LogP contribution is -2.61. The number of nitrogens with zero attached hydrogens (tertiary/aromatic N) is 1. The van der Waals surface area contributed by atoms with Gasteiger partial charge in [0.2, 0.25) is 47.1 Å². The molecule has 7 amide bonds. The van der Waals surface area contributed by atoms with Gasteiger partial charge in [-0.15, -0.1) is 0 Å². The molecule has 29 nitrogen and oxygen atoms in total. The van der Waals surface area contributed by atoms with Gasteiger partial charge in [0.05, 0.1) is 22.7 Å². The summed E-state index contributed by atoms with van der Waals surface area (Å²) in [5.74, 6) is -14.5. The Balaban J connectivity index is 1.29. The number of carboxylic acids is 1. The quantitative estimate of drug-likeness (QED) is 0.0902. The van der Waals surface area contributed by atoms with E-state index in [2.05, 4.69) is 31.9 Å². The lowest BCUT2D eigenvalue weighted by atomic mass is 9.89. The van der Waals surface area contributed by atoms with Gasteiger partial charge in [0, 0.05) is 35.6 Å². The topological polar surface area (TPSA) is 457 Å². The van der Waals surface area contributed by atoms with E-state index >= 15 is 19.2 Å². The number of phenolic OH excluding ortho intramolecular Hbond substituents is 4. The highest BCUT2D eigenvalue weighted by atomic mass is 35.5. The number of nitrogens with one attached hydrogen (secondary N) is 6. The van der Waals surface area contributed by atoms with Crippen molar-refractivity contribution in [3.8, 4) is 57.1 Å². The minimum Gasteiger partial charge on any atom is -0.508 e. The normalized spacial score (nSPS) is 25.8. The zero-order valence-electron chi connectivity index (χ0n) is 47.0. The zero-order valence-corrected chi connectivity index (χ0v) is 48.6. The van der Waals surface area contributed by atoms with Crippen molar-refractivity contribution in [3.63, 3.8) is 0 Å². The maximum atomic E-state index is 15.7. The first-order valence-electron chi connectivity index (χ1n) is 27.3. The summed E-state index contributed by atoms with van der Waals surface area (Å²) in [4.78, 5) is 117. The molecule has 13 atom stereocenters. The number of aromatic hydroxyl groups is 4. The van der Waals surface area contributed by atoms with Crippen LogP contribution in [0.4, 0.5) is 0 Å². The van der Waals surface area contributed by atoms with Crippen molar-refractivity contribution in [1.29, 1.82) is 0 Å². The summed E-state index contributed by atoms with van der Waals surface area (Å²) in [6.07, 6.45) is -13.5. The minimum atomic E-state index is -2.34. The number of nitrogens with two attached hydrogens (primary N) is 1. The van der Waals surface area contributed by atoms with Gasteiger partial charge in [0.25, 0.3) is 0 Å². The van der Waals surface area contributed by atoms with Crippen LogP contribution in [0.5, 0.6) is 46.0 Å². The van der Waals surface area contributed by atoms with E-state index in [0.29, 0.717) is 5.56 Å². The molecule has 0 saturated carbocycles. The van der Waals surface area contributed by atoms with Crippen molar-refractivity contribution in [2.24, 2.45) is 5.73 Å². The lowest BCUT2D eigenvalue weighted by Gasteiger charge is -2.42. The number of halogens is 2. The monoisotopic (exact) mass is 1270 g/mol. The molecule has 0 radical (unpaired) electrons. The first kappa shape index (κ1) is 64.4. The Labute approximate surface area is 514 Å². The van der Waals surface area contributed by atoms with Crippen LogP contribution >= 0.6 is 23.2 Å². The third kappa shape index (κ3) is 13.7. The van der Waals surface area contributed by atoms with E-state index in [-0.39, 0.29) is 39.6 Å². The summed E-state index contributed by atoms with van der Waals surface area (Å²) in [6.45, 7) is 0.581. The van der Waals surface area contributed by atoms with Gasteiger partial charge in [0.15, 0.2) is 23.8 Å². The molecular formula is C58H60Cl2N8O21. The van der Waals surface area contributed by atoms with E-state index in [1.807, 2.05) is 0 Å². The van der Waals surface area contributed by atoms with Crippen LogP contribution in [0.2, 0.25) is 10.0 Å². The molecule has 1 fully saturated rings. The van der Waals surface area contributed by atoms with Gasteiger partial charge in [-0.2, -0.15) is 0 Å². The molecule has 5 aromatic rings. The fourth-order valence-corrected chi connectivity index (χ4v) is 10.8. The molecular weight excluding hydrogens is 1220 g/mol. The lowest BCUT2D eigenvalue weighted by molar-refractivity contribution is -0.313. The van der Waals surface area contributed by atoms with Crippen LogP contribution in [-0.4, -0.2) is 174 Å². The number of ether oxygens (including phenoxy) is 4. The molecule has 0 spiro atoms. The third-order valence-corrected chi connectivity index (χ3v) is 16.0. The Morgan fingerprint density at radius 3 is 1.97 bits per heavy atom. The van der Waals surface area contributed by atoms with E-state index in [4.69, 9.17) is 47.9 Å². The maximum Gasteiger partial charge on any atom is 0.330 e. The molecule has 17 N–H and O–H groups in total. The Kier molecular flexibility index (Phi) is 19.1. The number of carbonyl (C=O) groups is 8. The number of hydrogen-bond acceptors (Lipinski definition) is 21. The number of aliphatic hydroxyl groups is 4. The highest BCUT2D eigenvalue weighted by Crippen LogP contribution is 2.48. The van der Waals surface area contributed by atoms with Gasteiger partial charge in [-0.1, -0.05) is 41.4 Å². The number of phenols is 4. The predicted molar refractivity (Wildman–Crippen MR) is 307 cm³/mol. The zero-order chi connectivity index (χ0) is 64.6. The summed E-state index contributed by atoms with van der Waals surface area (Å²) < 4.78 is 24.4. The molecule has 6 aliphatic rings. The van der Waals surface area contributed by atoms with Gasteiger partial charge < -0.3 is 103 Å². The Morgan fingerprint density at radius 1 is 0.708 bits per heavy atom. The summed E-state index contributed by atoms with van der Waals surface area (Å²) in [5.41, 5.74) is 3.40. The van der Waals surface area contributed by atoms with Crippen molar-refractivity contribution in [1.82, 2.24) is 36.8 Å². The SMILES string of the molecule is CC(C(=O)NC1Cc2ccc(c(Cl)c2)Oc2cc3cc(c2O)Oc2ccc(cc2Cl)C(OC2OC(CO)C(O)C(O)C2O)C2NC(=O)C(NC(=O)C3NC(=O)C(CCC(N)=O)NC1=O)c1ccc(O)c(c1)-c1c(O)cc(O)cc1C(C(=O)O)NC2=O)N(C)C. The van der Waals surface area contributed by atoms with Crippen LogP contribution in [0.3, 0.4) is 0 Å². The number of carboxylic acid groups (broad SMARTS) is 1.